The second-order valence-electron chi connectivity index (χ2n) is 4.51. The molecule has 0 aliphatic carbocycles. The maximum absolute atomic E-state index is 11.6. The van der Waals surface area contributed by atoms with Gasteiger partial charge in [-0.3, -0.25) is 4.79 Å². The average Bonchev–Trinajstić information content (AvgIpc) is 2.27. The molecule has 2 N–H and O–H groups in total. The van der Waals surface area contributed by atoms with Crippen molar-refractivity contribution in [2.75, 3.05) is 18.4 Å². The summed E-state index contributed by atoms with van der Waals surface area (Å²) in [7, 11) is 0. The third kappa shape index (κ3) is 5.91. The molecule has 0 radical (unpaired) electrons. The molecule has 0 fully saturated rings. The molecule has 0 unspecified atom stereocenters. The van der Waals surface area contributed by atoms with Crippen LogP contribution in [-0.4, -0.2) is 19.0 Å². The van der Waals surface area contributed by atoms with Gasteiger partial charge in [-0.2, -0.15) is 0 Å². The van der Waals surface area contributed by atoms with Gasteiger partial charge in [0.1, 0.15) is 0 Å². The number of carbonyl (C=O) groups excluding carboxylic acids is 1. The van der Waals surface area contributed by atoms with Gasteiger partial charge in [-0.05, 0) is 53.1 Å². The molecule has 0 spiro atoms. The molecule has 1 aromatic rings. The van der Waals surface area contributed by atoms with Gasteiger partial charge in [-0.25, -0.2) is 0 Å². The van der Waals surface area contributed by atoms with Gasteiger partial charge in [0, 0.05) is 20.8 Å². The molecular formula is C13H18ClIN2O. The zero-order valence-corrected chi connectivity index (χ0v) is 13.5. The van der Waals surface area contributed by atoms with E-state index in [4.69, 9.17) is 11.6 Å². The lowest BCUT2D eigenvalue weighted by molar-refractivity contribution is -0.119. The fourth-order valence-corrected chi connectivity index (χ4v) is 2.43. The first-order chi connectivity index (χ1) is 8.49. The van der Waals surface area contributed by atoms with E-state index in [9.17, 15) is 4.79 Å². The van der Waals surface area contributed by atoms with Crippen LogP contribution in [-0.2, 0) is 4.79 Å². The number of hydrogen-bond acceptors (Lipinski definition) is 2. The fraction of sp³-hybridized carbons (Fsp3) is 0.462. The molecule has 18 heavy (non-hydrogen) atoms. The van der Waals surface area contributed by atoms with E-state index < -0.39 is 0 Å². The van der Waals surface area contributed by atoms with Gasteiger partial charge >= 0.3 is 0 Å². The quantitative estimate of drug-likeness (QED) is 0.742. The summed E-state index contributed by atoms with van der Waals surface area (Å²) in [5.74, 6) is 0.622. The van der Waals surface area contributed by atoms with E-state index in [-0.39, 0.29) is 12.5 Å². The average molecular weight is 381 g/mol. The highest BCUT2D eigenvalue weighted by atomic mass is 127. The monoisotopic (exact) mass is 380 g/mol. The first-order valence-corrected chi connectivity index (χ1v) is 7.40. The summed E-state index contributed by atoms with van der Waals surface area (Å²) < 4.78 is 1.01. The number of nitrogens with one attached hydrogen (secondary N) is 2. The fourth-order valence-electron chi connectivity index (χ4n) is 1.37. The Bertz CT molecular complexity index is 410. The van der Waals surface area contributed by atoms with Gasteiger partial charge < -0.3 is 10.6 Å². The van der Waals surface area contributed by atoms with Crippen LogP contribution in [0, 0.1) is 9.49 Å². The van der Waals surface area contributed by atoms with Crippen LogP contribution in [0.15, 0.2) is 18.2 Å². The van der Waals surface area contributed by atoms with Crippen LogP contribution >= 0.6 is 34.2 Å². The Hall–Kier alpha value is -0.490. The highest BCUT2D eigenvalue weighted by Crippen LogP contribution is 2.21. The van der Waals surface area contributed by atoms with Crippen molar-refractivity contribution >= 4 is 45.8 Å². The van der Waals surface area contributed by atoms with Crippen molar-refractivity contribution in [2.24, 2.45) is 5.92 Å². The second kappa shape index (κ2) is 7.84. The number of rotatable bonds is 6. The summed E-state index contributed by atoms with van der Waals surface area (Å²) >= 11 is 8.06. The van der Waals surface area contributed by atoms with Gasteiger partial charge in [0.15, 0.2) is 0 Å². The maximum Gasteiger partial charge on any atom is 0.239 e. The first-order valence-electron chi connectivity index (χ1n) is 5.94. The molecule has 1 aromatic carbocycles. The standard InChI is InChI=1S/C13H18ClIN2O/c1-9(2)5-6-16-13(18)8-17-12-4-3-10(14)7-11(12)15/h3-4,7,9,17H,5-6,8H2,1-2H3,(H,16,18). The number of carbonyl (C=O) groups is 1. The van der Waals surface area contributed by atoms with Crippen molar-refractivity contribution in [3.63, 3.8) is 0 Å². The van der Waals surface area contributed by atoms with Crippen LogP contribution in [0.1, 0.15) is 20.3 Å². The first kappa shape index (κ1) is 15.6. The van der Waals surface area contributed by atoms with Crippen molar-refractivity contribution in [1.29, 1.82) is 0 Å². The summed E-state index contributed by atoms with van der Waals surface area (Å²) in [6.07, 6.45) is 1.00. The molecule has 3 nitrogen and oxygen atoms in total. The Kier molecular flexibility index (Phi) is 6.78. The van der Waals surface area contributed by atoms with Gasteiger partial charge in [0.05, 0.1) is 6.54 Å². The summed E-state index contributed by atoms with van der Waals surface area (Å²) in [4.78, 5) is 11.6. The minimum Gasteiger partial charge on any atom is -0.375 e. The highest BCUT2D eigenvalue weighted by molar-refractivity contribution is 14.1. The van der Waals surface area contributed by atoms with Crippen molar-refractivity contribution < 1.29 is 4.79 Å². The third-order valence-corrected chi connectivity index (χ3v) is 3.54. The lowest BCUT2D eigenvalue weighted by atomic mass is 10.1. The van der Waals surface area contributed by atoms with Gasteiger partial charge in [0.25, 0.3) is 0 Å². The van der Waals surface area contributed by atoms with Crippen LogP contribution in [0.3, 0.4) is 0 Å². The van der Waals surface area contributed by atoms with E-state index in [1.54, 1.807) is 0 Å². The predicted molar refractivity (Wildman–Crippen MR) is 85.1 cm³/mol. The SMILES string of the molecule is CC(C)CCNC(=O)CNc1ccc(Cl)cc1I. The predicted octanol–water partition coefficient (Wildman–Crippen LogP) is 3.52. The van der Waals surface area contributed by atoms with E-state index in [2.05, 4.69) is 47.1 Å². The van der Waals surface area contributed by atoms with Crippen molar-refractivity contribution in [3.8, 4) is 0 Å². The van der Waals surface area contributed by atoms with Crippen molar-refractivity contribution in [2.45, 2.75) is 20.3 Å². The van der Waals surface area contributed by atoms with Gasteiger partial charge in [-0.1, -0.05) is 25.4 Å². The molecular weight excluding hydrogens is 363 g/mol. The number of halogens is 2. The Morgan fingerprint density at radius 2 is 2.17 bits per heavy atom. The van der Waals surface area contributed by atoms with E-state index in [0.29, 0.717) is 10.9 Å². The number of benzene rings is 1. The molecule has 100 valence electrons. The molecule has 0 aromatic heterocycles. The lowest BCUT2D eigenvalue weighted by Crippen LogP contribution is -2.31. The Morgan fingerprint density at radius 1 is 1.44 bits per heavy atom. The summed E-state index contributed by atoms with van der Waals surface area (Å²) in [5, 5.41) is 6.69. The van der Waals surface area contributed by atoms with Crippen molar-refractivity contribution in [1.82, 2.24) is 5.32 Å². The largest absolute Gasteiger partial charge is 0.375 e. The lowest BCUT2D eigenvalue weighted by Gasteiger charge is -2.10. The molecule has 0 aliphatic rings. The molecule has 0 saturated carbocycles. The Labute approximate surface area is 127 Å². The van der Waals surface area contributed by atoms with Gasteiger partial charge in [0.2, 0.25) is 5.91 Å². The summed E-state index contributed by atoms with van der Waals surface area (Å²) in [5.41, 5.74) is 0.930. The van der Waals surface area contributed by atoms with E-state index in [0.717, 1.165) is 22.2 Å². The molecule has 5 heteroatoms. The molecule has 0 bridgehead atoms. The number of hydrogen-bond donors (Lipinski definition) is 2. The minimum absolute atomic E-state index is 0.0152. The highest BCUT2D eigenvalue weighted by Gasteiger charge is 2.04. The summed E-state index contributed by atoms with van der Waals surface area (Å²) in [6, 6.07) is 5.55. The third-order valence-electron chi connectivity index (χ3n) is 2.41. The van der Waals surface area contributed by atoms with E-state index in [1.165, 1.54) is 0 Å². The van der Waals surface area contributed by atoms with Crippen LogP contribution in [0.2, 0.25) is 5.02 Å². The number of amides is 1. The zero-order chi connectivity index (χ0) is 13.5. The molecule has 0 aliphatic heterocycles. The zero-order valence-electron chi connectivity index (χ0n) is 10.6. The smallest absolute Gasteiger partial charge is 0.239 e. The maximum atomic E-state index is 11.6. The topological polar surface area (TPSA) is 41.1 Å². The number of anilines is 1. The Balaban J connectivity index is 2.33. The van der Waals surface area contributed by atoms with Crippen LogP contribution in [0.4, 0.5) is 5.69 Å². The van der Waals surface area contributed by atoms with Crippen LogP contribution < -0.4 is 10.6 Å². The van der Waals surface area contributed by atoms with Gasteiger partial charge in [-0.15, -0.1) is 0 Å². The van der Waals surface area contributed by atoms with E-state index >= 15 is 0 Å². The normalized spacial score (nSPS) is 10.5. The van der Waals surface area contributed by atoms with E-state index in [1.807, 2.05) is 18.2 Å². The molecule has 0 saturated heterocycles. The molecule has 1 rings (SSSR count). The molecule has 1 amide bonds. The Morgan fingerprint density at radius 3 is 2.78 bits per heavy atom. The van der Waals surface area contributed by atoms with Crippen molar-refractivity contribution in [3.05, 3.63) is 26.8 Å². The summed E-state index contributed by atoms with van der Waals surface area (Å²) in [6.45, 7) is 5.30. The van der Waals surface area contributed by atoms with Crippen LogP contribution in [0.25, 0.3) is 0 Å². The van der Waals surface area contributed by atoms with Crippen LogP contribution in [0.5, 0.6) is 0 Å². The molecule has 0 heterocycles. The molecule has 0 atom stereocenters. The second-order valence-corrected chi connectivity index (χ2v) is 6.11. The minimum atomic E-state index is 0.0152.